The van der Waals surface area contributed by atoms with Gasteiger partial charge in [0.1, 0.15) is 11.2 Å². The van der Waals surface area contributed by atoms with Crippen LogP contribution in [0, 0.1) is 0 Å². The number of benzene rings is 6. The van der Waals surface area contributed by atoms with Gasteiger partial charge in [0.15, 0.2) is 0 Å². The summed E-state index contributed by atoms with van der Waals surface area (Å²) < 4.78 is 8.70. The van der Waals surface area contributed by atoms with Gasteiger partial charge in [-0.1, -0.05) is 98.8 Å². The van der Waals surface area contributed by atoms with Gasteiger partial charge < -0.3 is 8.98 Å². The summed E-state index contributed by atoms with van der Waals surface area (Å²) in [5, 5.41) is 7.48. The smallest absolute Gasteiger partial charge is 0.135 e. The summed E-state index contributed by atoms with van der Waals surface area (Å²) in [5.41, 5.74) is 10.9. The normalized spacial score (nSPS) is 14.1. The Kier molecular flexibility index (Phi) is 3.89. The van der Waals surface area contributed by atoms with Crippen molar-refractivity contribution in [3.63, 3.8) is 0 Å². The van der Waals surface area contributed by atoms with Crippen molar-refractivity contribution in [1.82, 2.24) is 4.57 Å². The molecule has 2 heterocycles. The zero-order chi connectivity index (χ0) is 25.9. The molecule has 2 heteroatoms. The van der Waals surface area contributed by atoms with Crippen molar-refractivity contribution in [1.29, 1.82) is 0 Å². The second kappa shape index (κ2) is 7.18. The molecule has 0 spiro atoms. The van der Waals surface area contributed by atoms with Gasteiger partial charge in [0, 0.05) is 32.6 Å². The highest BCUT2D eigenvalue weighted by Crippen LogP contribution is 2.53. The molecule has 0 aliphatic heterocycles. The van der Waals surface area contributed by atoms with Crippen molar-refractivity contribution in [2.24, 2.45) is 0 Å². The van der Waals surface area contributed by atoms with Gasteiger partial charge in [-0.2, -0.15) is 0 Å². The third kappa shape index (κ3) is 2.61. The van der Waals surface area contributed by atoms with Crippen LogP contribution in [0.2, 0.25) is 0 Å². The minimum atomic E-state index is -0.125. The van der Waals surface area contributed by atoms with E-state index >= 15 is 0 Å². The first-order valence-electron chi connectivity index (χ1n) is 13.6. The highest BCUT2D eigenvalue weighted by Gasteiger charge is 2.38. The van der Waals surface area contributed by atoms with E-state index in [0.717, 1.165) is 27.6 Å². The van der Waals surface area contributed by atoms with Gasteiger partial charge in [0.2, 0.25) is 0 Å². The maximum Gasteiger partial charge on any atom is 0.135 e. The summed E-state index contributed by atoms with van der Waals surface area (Å²) >= 11 is 0. The van der Waals surface area contributed by atoms with Crippen LogP contribution in [0.3, 0.4) is 0 Å². The molecule has 0 atom stereocenters. The standard InChI is InChI=1S/C37H25NO/c1-37(2)30-13-7-5-11-25(30)27-17-18-28-34-24-10-4-3-9-22(24)15-19-31(34)38(36(28)35(27)37)23-16-20-33-29(21-23)26-12-6-8-14-32(26)39-33/h3-21H,1-2H3. The second-order valence-electron chi connectivity index (χ2n) is 11.3. The average Bonchev–Trinajstić information content (AvgIpc) is 3.59. The van der Waals surface area contributed by atoms with Gasteiger partial charge >= 0.3 is 0 Å². The Bertz CT molecular complexity index is 2310. The van der Waals surface area contributed by atoms with Gasteiger partial charge in [-0.15, -0.1) is 0 Å². The predicted octanol–water partition coefficient (Wildman–Crippen LogP) is 10.1. The summed E-state index contributed by atoms with van der Waals surface area (Å²) in [6.07, 6.45) is 0. The maximum atomic E-state index is 6.20. The lowest BCUT2D eigenvalue weighted by Crippen LogP contribution is -2.16. The molecule has 0 N–H and O–H groups in total. The fraction of sp³-hybridized carbons (Fsp3) is 0.0811. The van der Waals surface area contributed by atoms with Crippen molar-refractivity contribution >= 4 is 54.5 Å². The first-order valence-corrected chi connectivity index (χ1v) is 13.6. The van der Waals surface area contributed by atoms with Gasteiger partial charge in [-0.3, -0.25) is 0 Å². The Morgan fingerprint density at radius 1 is 0.590 bits per heavy atom. The van der Waals surface area contributed by atoms with Gasteiger partial charge in [-0.05, 0) is 63.4 Å². The van der Waals surface area contributed by atoms with Crippen LogP contribution in [0.1, 0.15) is 25.0 Å². The van der Waals surface area contributed by atoms with E-state index < -0.39 is 0 Å². The highest BCUT2D eigenvalue weighted by molar-refractivity contribution is 6.23. The van der Waals surface area contributed by atoms with Gasteiger partial charge in [0.05, 0.1) is 11.0 Å². The second-order valence-corrected chi connectivity index (χ2v) is 11.3. The molecule has 0 saturated carbocycles. The third-order valence-corrected chi connectivity index (χ3v) is 8.95. The minimum Gasteiger partial charge on any atom is -0.456 e. The molecule has 1 aliphatic rings. The van der Waals surface area contributed by atoms with Crippen LogP contribution in [-0.4, -0.2) is 4.57 Å². The summed E-state index contributed by atoms with van der Waals surface area (Å²) in [6.45, 7) is 4.76. The number of hydrogen-bond donors (Lipinski definition) is 0. The van der Waals surface area contributed by atoms with Gasteiger partial charge in [0.25, 0.3) is 0 Å². The average molecular weight is 500 g/mol. The van der Waals surface area contributed by atoms with E-state index in [1.54, 1.807) is 0 Å². The van der Waals surface area contributed by atoms with Crippen LogP contribution in [0.5, 0.6) is 0 Å². The third-order valence-electron chi connectivity index (χ3n) is 8.95. The molecule has 1 aliphatic carbocycles. The quantitative estimate of drug-likeness (QED) is 0.220. The zero-order valence-corrected chi connectivity index (χ0v) is 21.8. The van der Waals surface area contributed by atoms with E-state index in [4.69, 9.17) is 4.42 Å². The summed E-state index contributed by atoms with van der Waals surface area (Å²) in [7, 11) is 0. The first-order chi connectivity index (χ1) is 19.1. The number of furan rings is 1. The van der Waals surface area contributed by atoms with Crippen LogP contribution in [0.25, 0.3) is 71.3 Å². The molecule has 2 aromatic heterocycles. The molecule has 39 heavy (non-hydrogen) atoms. The molecule has 0 unspecified atom stereocenters. The van der Waals surface area contributed by atoms with E-state index in [1.807, 2.05) is 12.1 Å². The molecule has 8 aromatic rings. The number of fused-ring (bicyclic) bond motifs is 12. The molecule has 2 nitrogen and oxygen atoms in total. The van der Waals surface area contributed by atoms with E-state index in [-0.39, 0.29) is 5.41 Å². The van der Waals surface area contributed by atoms with Crippen molar-refractivity contribution in [2.45, 2.75) is 19.3 Å². The zero-order valence-electron chi connectivity index (χ0n) is 21.8. The topological polar surface area (TPSA) is 18.1 Å². The first kappa shape index (κ1) is 21.2. The number of rotatable bonds is 1. The molecular formula is C37H25NO. The Morgan fingerprint density at radius 3 is 2.28 bits per heavy atom. The lowest BCUT2D eigenvalue weighted by Gasteiger charge is -2.23. The molecule has 0 fully saturated rings. The molecule has 0 radical (unpaired) electrons. The van der Waals surface area contributed by atoms with Crippen LogP contribution in [0.15, 0.2) is 120 Å². The summed E-state index contributed by atoms with van der Waals surface area (Å²) in [4.78, 5) is 0. The predicted molar refractivity (Wildman–Crippen MR) is 163 cm³/mol. The number of aromatic nitrogens is 1. The maximum absolute atomic E-state index is 6.20. The van der Waals surface area contributed by atoms with E-state index in [9.17, 15) is 0 Å². The largest absolute Gasteiger partial charge is 0.456 e. The van der Waals surface area contributed by atoms with Crippen LogP contribution in [-0.2, 0) is 5.41 Å². The van der Waals surface area contributed by atoms with Crippen molar-refractivity contribution in [2.75, 3.05) is 0 Å². The summed E-state index contributed by atoms with van der Waals surface area (Å²) in [5.74, 6) is 0. The van der Waals surface area contributed by atoms with E-state index in [1.165, 1.54) is 54.8 Å². The van der Waals surface area contributed by atoms with Crippen molar-refractivity contribution in [3.05, 3.63) is 126 Å². The van der Waals surface area contributed by atoms with Crippen LogP contribution < -0.4 is 0 Å². The number of hydrogen-bond acceptors (Lipinski definition) is 1. The molecule has 0 bridgehead atoms. The van der Waals surface area contributed by atoms with Gasteiger partial charge in [-0.25, -0.2) is 0 Å². The lowest BCUT2D eigenvalue weighted by molar-refractivity contribution is 0.663. The number of nitrogens with zero attached hydrogens (tertiary/aromatic N) is 1. The van der Waals surface area contributed by atoms with Crippen molar-refractivity contribution in [3.8, 4) is 16.8 Å². The van der Waals surface area contributed by atoms with E-state index in [0.29, 0.717) is 0 Å². The van der Waals surface area contributed by atoms with E-state index in [2.05, 4.69) is 122 Å². The Hall–Kier alpha value is -4.82. The van der Waals surface area contributed by atoms with Crippen LogP contribution in [0.4, 0.5) is 0 Å². The molecule has 9 rings (SSSR count). The minimum absolute atomic E-state index is 0.125. The fourth-order valence-electron chi connectivity index (χ4n) is 7.25. The number of para-hydroxylation sites is 1. The summed E-state index contributed by atoms with van der Waals surface area (Å²) in [6, 6.07) is 41.9. The highest BCUT2D eigenvalue weighted by atomic mass is 16.3. The molecule has 0 saturated heterocycles. The lowest BCUT2D eigenvalue weighted by atomic mass is 9.81. The molecule has 0 amide bonds. The van der Waals surface area contributed by atoms with Crippen LogP contribution >= 0.6 is 0 Å². The van der Waals surface area contributed by atoms with Crippen molar-refractivity contribution < 1.29 is 4.42 Å². The molecule has 6 aromatic carbocycles. The molecule has 184 valence electrons. The Balaban J connectivity index is 1.50. The Labute approximate surface area is 225 Å². The fourth-order valence-corrected chi connectivity index (χ4v) is 7.25. The Morgan fingerprint density at radius 2 is 1.36 bits per heavy atom. The monoisotopic (exact) mass is 499 g/mol. The SMILES string of the molecule is CC1(C)c2ccccc2-c2ccc3c4c5ccccc5ccc4n(-c4ccc5oc6ccccc6c5c4)c3c21. The molecular weight excluding hydrogens is 474 g/mol.